The van der Waals surface area contributed by atoms with Crippen LogP contribution in [-0.2, 0) is 6.42 Å². The Balaban J connectivity index is 1.50. The molecule has 150 valence electrons. The van der Waals surface area contributed by atoms with Gasteiger partial charge in [-0.15, -0.1) is 11.3 Å². The Morgan fingerprint density at radius 1 is 1.13 bits per heavy atom. The van der Waals surface area contributed by atoms with E-state index in [1.54, 1.807) is 18.7 Å². The van der Waals surface area contributed by atoms with Crippen LogP contribution in [0.1, 0.15) is 21.9 Å². The normalized spacial score (nSPS) is 10.6. The Hall–Kier alpha value is -3.85. The lowest BCUT2D eigenvalue weighted by molar-refractivity contribution is 0.102. The number of hydrogen-bond donors (Lipinski definition) is 2. The number of carbonyl (C=O) groups excluding carboxylic acids is 1. The molecule has 2 N–H and O–H groups in total. The van der Waals surface area contributed by atoms with Crippen LogP contribution in [0.3, 0.4) is 0 Å². The molecule has 0 spiro atoms. The van der Waals surface area contributed by atoms with Crippen LogP contribution >= 0.6 is 11.3 Å². The van der Waals surface area contributed by atoms with Crippen molar-refractivity contribution in [2.75, 3.05) is 12.4 Å². The van der Waals surface area contributed by atoms with Gasteiger partial charge in [0.2, 0.25) is 0 Å². The van der Waals surface area contributed by atoms with E-state index < -0.39 is 11.5 Å². The van der Waals surface area contributed by atoms with Crippen molar-refractivity contribution in [3.63, 3.8) is 0 Å². The Labute approximate surface area is 175 Å². The monoisotopic (exact) mass is 419 g/mol. The average Bonchev–Trinajstić information content (AvgIpc) is 3.23. The molecule has 3 aromatic heterocycles. The molecule has 1 amide bonds. The first-order chi connectivity index (χ1) is 14.6. The highest BCUT2D eigenvalue weighted by Crippen LogP contribution is 2.23. The summed E-state index contributed by atoms with van der Waals surface area (Å²) in [5.41, 5.74) is 1.93. The number of methoxy groups -OCH3 is 1. The summed E-state index contributed by atoms with van der Waals surface area (Å²) in [6.07, 6.45) is 2.05. The summed E-state index contributed by atoms with van der Waals surface area (Å²) < 4.78 is 5.14. The maximum absolute atomic E-state index is 12.6. The Morgan fingerprint density at radius 3 is 2.70 bits per heavy atom. The zero-order valence-electron chi connectivity index (χ0n) is 16.0. The number of amides is 1. The van der Waals surface area contributed by atoms with Crippen molar-refractivity contribution in [2.24, 2.45) is 0 Å². The van der Waals surface area contributed by atoms with Crippen LogP contribution in [0.25, 0.3) is 11.4 Å². The maximum atomic E-state index is 12.6. The molecule has 3 heterocycles. The van der Waals surface area contributed by atoms with Crippen molar-refractivity contribution >= 4 is 22.4 Å². The molecule has 0 fully saturated rings. The first kappa shape index (κ1) is 19.5. The quantitative estimate of drug-likeness (QED) is 0.497. The number of carbonyl (C=O) groups is 1. The lowest BCUT2D eigenvalue weighted by atomic mass is 10.1. The topological polar surface area (TPSA) is 110 Å². The first-order valence-electron chi connectivity index (χ1n) is 9.02. The zero-order chi connectivity index (χ0) is 20.9. The van der Waals surface area contributed by atoms with Crippen LogP contribution in [0.2, 0.25) is 0 Å². The predicted molar refractivity (Wildman–Crippen MR) is 114 cm³/mol. The number of aromatic amines is 1. The van der Waals surface area contributed by atoms with Gasteiger partial charge in [-0.2, -0.15) is 0 Å². The van der Waals surface area contributed by atoms with Gasteiger partial charge in [0.15, 0.2) is 5.13 Å². The number of nitrogens with one attached hydrogen (secondary N) is 2. The molecule has 0 unspecified atom stereocenters. The van der Waals surface area contributed by atoms with Gasteiger partial charge in [0, 0.05) is 24.1 Å². The molecule has 9 heteroatoms. The molecule has 0 aliphatic rings. The van der Waals surface area contributed by atoms with Gasteiger partial charge < -0.3 is 9.72 Å². The maximum Gasteiger partial charge on any atom is 0.276 e. The minimum Gasteiger partial charge on any atom is -0.497 e. The lowest BCUT2D eigenvalue weighted by Crippen LogP contribution is -2.20. The summed E-state index contributed by atoms with van der Waals surface area (Å²) in [4.78, 5) is 40.2. The van der Waals surface area contributed by atoms with E-state index in [0.29, 0.717) is 28.8 Å². The molecule has 0 aliphatic carbocycles. The van der Waals surface area contributed by atoms with Crippen molar-refractivity contribution < 1.29 is 9.53 Å². The number of anilines is 1. The number of benzene rings is 1. The third-order valence-electron chi connectivity index (χ3n) is 4.21. The van der Waals surface area contributed by atoms with Gasteiger partial charge in [0.1, 0.15) is 23.0 Å². The zero-order valence-corrected chi connectivity index (χ0v) is 16.8. The van der Waals surface area contributed by atoms with Crippen LogP contribution in [0.4, 0.5) is 5.13 Å². The average molecular weight is 419 g/mol. The van der Waals surface area contributed by atoms with Crippen molar-refractivity contribution in [3.05, 3.63) is 87.5 Å². The first-order valence-corrected chi connectivity index (χ1v) is 9.90. The number of rotatable bonds is 6. The molecular weight excluding hydrogens is 402 g/mol. The van der Waals surface area contributed by atoms with Gasteiger partial charge in [-0.05, 0) is 29.8 Å². The number of nitrogens with zero attached hydrogens (tertiary/aromatic N) is 3. The number of ether oxygens (including phenoxy) is 1. The van der Waals surface area contributed by atoms with E-state index in [2.05, 4.69) is 25.3 Å². The van der Waals surface area contributed by atoms with Gasteiger partial charge in [-0.1, -0.05) is 18.2 Å². The number of hydrogen-bond acceptors (Lipinski definition) is 7. The minimum absolute atomic E-state index is 0.0249. The van der Waals surface area contributed by atoms with Crippen molar-refractivity contribution in [2.45, 2.75) is 6.42 Å². The fourth-order valence-electron chi connectivity index (χ4n) is 2.77. The van der Waals surface area contributed by atoms with Gasteiger partial charge in [0.25, 0.3) is 11.5 Å². The van der Waals surface area contributed by atoms with Gasteiger partial charge in [-0.25, -0.2) is 9.97 Å². The second-order valence-corrected chi connectivity index (χ2v) is 7.17. The second kappa shape index (κ2) is 8.66. The predicted octanol–water partition coefficient (Wildman–Crippen LogP) is 3.14. The summed E-state index contributed by atoms with van der Waals surface area (Å²) in [5, 5.41) is 4.90. The second-order valence-electron chi connectivity index (χ2n) is 6.31. The summed E-state index contributed by atoms with van der Waals surface area (Å²) in [6, 6.07) is 14.1. The van der Waals surface area contributed by atoms with Gasteiger partial charge in [0.05, 0.1) is 12.8 Å². The SMILES string of the molecule is COc1ccc(Cc2nc(C(=O)Nc3nc(-c4ccccn4)cs3)cc(=O)[nH]2)cc1. The van der Waals surface area contributed by atoms with E-state index >= 15 is 0 Å². The molecule has 8 nitrogen and oxygen atoms in total. The summed E-state index contributed by atoms with van der Waals surface area (Å²) >= 11 is 1.27. The van der Waals surface area contributed by atoms with Crippen LogP contribution < -0.4 is 15.6 Å². The largest absolute Gasteiger partial charge is 0.497 e. The molecule has 30 heavy (non-hydrogen) atoms. The molecule has 0 saturated carbocycles. The Morgan fingerprint density at radius 2 is 1.97 bits per heavy atom. The third-order valence-corrected chi connectivity index (χ3v) is 4.96. The van der Waals surface area contributed by atoms with Crippen molar-refractivity contribution in [3.8, 4) is 17.1 Å². The smallest absolute Gasteiger partial charge is 0.276 e. The van der Waals surface area contributed by atoms with Gasteiger partial charge in [-0.3, -0.25) is 19.9 Å². The van der Waals surface area contributed by atoms with E-state index in [4.69, 9.17) is 4.74 Å². The fraction of sp³-hybridized carbons (Fsp3) is 0.0952. The molecule has 0 saturated heterocycles. The van der Waals surface area contributed by atoms with E-state index in [9.17, 15) is 9.59 Å². The van der Waals surface area contributed by atoms with Crippen molar-refractivity contribution in [1.82, 2.24) is 19.9 Å². The van der Waals surface area contributed by atoms with Crippen molar-refractivity contribution in [1.29, 1.82) is 0 Å². The Bertz CT molecular complexity index is 1220. The molecule has 1 aromatic carbocycles. The number of pyridine rings is 1. The van der Waals surface area contributed by atoms with Crippen LogP contribution in [0.15, 0.2) is 64.9 Å². The number of H-pyrrole nitrogens is 1. The molecule has 0 aliphatic heterocycles. The van der Waals surface area contributed by atoms with E-state index in [-0.39, 0.29) is 5.69 Å². The Kier molecular flexibility index (Phi) is 5.62. The lowest BCUT2D eigenvalue weighted by Gasteiger charge is -2.06. The fourth-order valence-corrected chi connectivity index (χ4v) is 3.47. The highest BCUT2D eigenvalue weighted by molar-refractivity contribution is 7.14. The highest BCUT2D eigenvalue weighted by atomic mass is 32.1. The molecule has 4 rings (SSSR count). The van der Waals surface area contributed by atoms with Gasteiger partial charge >= 0.3 is 0 Å². The summed E-state index contributed by atoms with van der Waals surface area (Å²) in [5.74, 6) is 0.631. The molecule has 0 bridgehead atoms. The van der Waals surface area contributed by atoms with E-state index in [1.165, 1.54) is 17.4 Å². The molecule has 0 radical (unpaired) electrons. The highest BCUT2D eigenvalue weighted by Gasteiger charge is 2.14. The van der Waals surface area contributed by atoms with Crippen LogP contribution in [0, 0.1) is 0 Å². The number of aromatic nitrogens is 4. The molecular formula is C21H17N5O3S. The van der Waals surface area contributed by atoms with E-state index in [1.807, 2.05) is 42.5 Å². The van der Waals surface area contributed by atoms with Crippen LogP contribution in [-0.4, -0.2) is 33.0 Å². The molecule has 4 aromatic rings. The summed E-state index contributed by atoms with van der Waals surface area (Å²) in [6.45, 7) is 0. The standard InChI is InChI=1S/C21H17N5O3S/c1-29-14-7-5-13(6-8-14)10-18-23-16(11-19(27)25-18)20(28)26-21-24-17(12-30-21)15-4-2-3-9-22-15/h2-9,11-12H,10H2,1H3,(H,23,25,27)(H,24,26,28). The molecule has 0 atom stereocenters. The number of thiazole rings is 1. The minimum atomic E-state index is -0.501. The van der Waals surface area contributed by atoms with E-state index in [0.717, 1.165) is 11.3 Å². The summed E-state index contributed by atoms with van der Waals surface area (Å²) in [7, 11) is 1.60. The van der Waals surface area contributed by atoms with Crippen LogP contribution in [0.5, 0.6) is 5.75 Å². The third kappa shape index (κ3) is 4.58.